The number of urea groups is 1. The van der Waals surface area contributed by atoms with Crippen LogP contribution in [-0.2, 0) is 4.74 Å². The molecule has 22 heavy (non-hydrogen) atoms. The maximum Gasteiger partial charge on any atom is 0.318 e. The molecule has 2 N–H and O–H groups in total. The molecule has 1 aliphatic carbocycles. The first-order valence-electron chi connectivity index (χ1n) is 7.19. The van der Waals surface area contributed by atoms with Gasteiger partial charge in [-0.15, -0.1) is 0 Å². The first-order valence-corrected chi connectivity index (χ1v) is 7.19. The van der Waals surface area contributed by atoms with Crippen LogP contribution in [0.1, 0.15) is 17.5 Å². The number of hydrogen-bond acceptors (Lipinski definition) is 2. The number of methoxy groups -OCH3 is 1. The van der Waals surface area contributed by atoms with Gasteiger partial charge in [0.1, 0.15) is 5.76 Å². The predicted molar refractivity (Wildman–Crippen MR) is 90.4 cm³/mol. The van der Waals surface area contributed by atoms with Crippen molar-refractivity contribution in [1.82, 2.24) is 10.6 Å². The number of amides is 2. The first-order chi connectivity index (χ1) is 10.5. The van der Waals surface area contributed by atoms with E-state index in [2.05, 4.69) is 48.7 Å². The molecule has 4 heteroatoms. The number of ether oxygens (including phenoxy) is 1. The van der Waals surface area contributed by atoms with Gasteiger partial charge < -0.3 is 15.4 Å². The van der Waals surface area contributed by atoms with Crippen LogP contribution in [0.2, 0.25) is 0 Å². The van der Waals surface area contributed by atoms with Gasteiger partial charge in [-0.1, -0.05) is 41.5 Å². The number of nitrogens with one attached hydrogen (secondary N) is 2. The van der Waals surface area contributed by atoms with Crippen LogP contribution in [0.25, 0.3) is 0 Å². The molecule has 0 radical (unpaired) electrons. The lowest BCUT2D eigenvalue weighted by molar-refractivity contribution is 0.245. The van der Waals surface area contributed by atoms with Crippen molar-refractivity contribution in [3.63, 3.8) is 0 Å². The minimum absolute atomic E-state index is 0.221. The molecule has 0 fully saturated rings. The Balaban J connectivity index is 0.000000255. The lowest BCUT2D eigenvalue weighted by atomic mass is 10.2. The molecule has 0 aliphatic heterocycles. The fourth-order valence-electron chi connectivity index (χ4n) is 1.68. The van der Waals surface area contributed by atoms with E-state index in [0.717, 1.165) is 17.9 Å². The van der Waals surface area contributed by atoms with Crippen LogP contribution in [-0.4, -0.2) is 20.2 Å². The second kappa shape index (κ2) is 9.45. The van der Waals surface area contributed by atoms with E-state index in [1.54, 1.807) is 20.2 Å². The third-order valence-electron chi connectivity index (χ3n) is 3.02. The van der Waals surface area contributed by atoms with Gasteiger partial charge in [0.15, 0.2) is 0 Å². The molecule has 4 nitrogen and oxygen atoms in total. The quantitative estimate of drug-likeness (QED) is 0.877. The molecule has 0 saturated heterocycles. The van der Waals surface area contributed by atoms with Gasteiger partial charge in [-0.25, -0.2) is 4.79 Å². The Morgan fingerprint density at radius 1 is 1.05 bits per heavy atom. The zero-order chi connectivity index (χ0) is 16.4. The molecular weight excluding hydrogens is 276 g/mol. The number of rotatable bonds is 2. The van der Waals surface area contributed by atoms with Crippen LogP contribution in [0, 0.1) is 13.8 Å². The summed E-state index contributed by atoms with van der Waals surface area (Å²) in [7, 11) is 3.20. The summed E-state index contributed by atoms with van der Waals surface area (Å²) in [4.78, 5) is 11.0. The van der Waals surface area contributed by atoms with Crippen molar-refractivity contribution in [3.05, 3.63) is 71.2 Å². The standard InChI is InChI=1S/C10H14N2O2.C8H10/c1-11-10(13)12-8-4-3-5-9(14-2)7-6-8;1-7-3-5-8(2)6-4-7/h4-7H,3H2,1-2H3,(H2,11,12,13);3-6H,1-2H3. The van der Waals surface area contributed by atoms with Crippen molar-refractivity contribution in [2.45, 2.75) is 20.3 Å². The average molecular weight is 300 g/mol. The van der Waals surface area contributed by atoms with Gasteiger partial charge in [0.25, 0.3) is 0 Å². The minimum Gasteiger partial charge on any atom is -0.497 e. The highest BCUT2D eigenvalue weighted by atomic mass is 16.5. The largest absolute Gasteiger partial charge is 0.497 e. The highest BCUT2D eigenvalue weighted by Gasteiger charge is 2.01. The Kier molecular flexibility index (Phi) is 7.54. The van der Waals surface area contributed by atoms with Crippen LogP contribution in [0.15, 0.2) is 60.0 Å². The highest BCUT2D eigenvalue weighted by molar-refractivity contribution is 5.76. The summed E-state index contributed by atoms with van der Waals surface area (Å²) in [6.07, 6.45) is 8.22. The highest BCUT2D eigenvalue weighted by Crippen LogP contribution is 2.08. The Morgan fingerprint density at radius 2 is 1.64 bits per heavy atom. The molecule has 0 aromatic heterocycles. The van der Waals surface area contributed by atoms with E-state index >= 15 is 0 Å². The topological polar surface area (TPSA) is 50.4 Å². The molecule has 0 spiro atoms. The average Bonchev–Trinajstić information content (AvgIpc) is 2.76. The fraction of sp³-hybridized carbons (Fsp3) is 0.278. The van der Waals surface area contributed by atoms with Crippen LogP contribution >= 0.6 is 0 Å². The molecule has 0 saturated carbocycles. The third kappa shape index (κ3) is 6.79. The van der Waals surface area contributed by atoms with Gasteiger partial charge in [0, 0.05) is 12.7 Å². The third-order valence-corrected chi connectivity index (χ3v) is 3.02. The van der Waals surface area contributed by atoms with Crippen molar-refractivity contribution in [1.29, 1.82) is 0 Å². The predicted octanol–water partition coefficient (Wildman–Crippen LogP) is 3.59. The van der Waals surface area contributed by atoms with Crippen molar-refractivity contribution in [3.8, 4) is 0 Å². The number of hydrogen-bond donors (Lipinski definition) is 2. The minimum atomic E-state index is -0.221. The summed E-state index contributed by atoms with van der Waals surface area (Å²) >= 11 is 0. The molecule has 0 atom stereocenters. The second-order valence-corrected chi connectivity index (χ2v) is 4.90. The molecule has 1 aromatic carbocycles. The summed E-state index contributed by atoms with van der Waals surface area (Å²) in [6.45, 7) is 4.19. The molecule has 1 aliphatic rings. The van der Waals surface area contributed by atoms with Crippen molar-refractivity contribution < 1.29 is 9.53 Å². The molecule has 1 aromatic rings. The zero-order valence-electron chi connectivity index (χ0n) is 13.6. The molecule has 118 valence electrons. The molecule has 2 amide bonds. The number of carbonyl (C=O) groups excluding carboxylic acids is 1. The van der Waals surface area contributed by atoms with Gasteiger partial charge in [-0.3, -0.25) is 0 Å². The van der Waals surface area contributed by atoms with Gasteiger partial charge in [0.2, 0.25) is 0 Å². The van der Waals surface area contributed by atoms with E-state index in [1.807, 2.05) is 18.2 Å². The molecule has 0 unspecified atom stereocenters. The maximum atomic E-state index is 11.0. The smallest absolute Gasteiger partial charge is 0.318 e. The molecule has 2 rings (SSSR count). The number of carbonyl (C=O) groups is 1. The van der Waals surface area contributed by atoms with E-state index in [1.165, 1.54) is 11.1 Å². The van der Waals surface area contributed by atoms with Gasteiger partial charge in [0.05, 0.1) is 7.11 Å². The van der Waals surface area contributed by atoms with Crippen molar-refractivity contribution in [2.75, 3.05) is 14.2 Å². The second-order valence-electron chi connectivity index (χ2n) is 4.90. The van der Waals surface area contributed by atoms with E-state index in [4.69, 9.17) is 4.74 Å². The monoisotopic (exact) mass is 300 g/mol. The van der Waals surface area contributed by atoms with Crippen molar-refractivity contribution >= 4 is 6.03 Å². The van der Waals surface area contributed by atoms with E-state index in [9.17, 15) is 4.79 Å². The summed E-state index contributed by atoms with van der Waals surface area (Å²) in [5.74, 6) is 0.801. The summed E-state index contributed by atoms with van der Waals surface area (Å²) in [5, 5.41) is 5.17. The Labute approximate surface area is 132 Å². The Hall–Kier alpha value is -2.49. The van der Waals surface area contributed by atoms with Gasteiger partial charge in [-0.05, 0) is 38.5 Å². The van der Waals surface area contributed by atoms with Gasteiger partial charge in [-0.2, -0.15) is 0 Å². The van der Waals surface area contributed by atoms with E-state index in [0.29, 0.717) is 0 Å². The van der Waals surface area contributed by atoms with Crippen LogP contribution in [0.3, 0.4) is 0 Å². The summed E-state index contributed by atoms with van der Waals surface area (Å²) in [6, 6.07) is 8.26. The van der Waals surface area contributed by atoms with Crippen LogP contribution < -0.4 is 10.6 Å². The fourth-order valence-corrected chi connectivity index (χ4v) is 1.68. The number of benzene rings is 1. The first kappa shape index (κ1) is 17.6. The van der Waals surface area contributed by atoms with Crippen LogP contribution in [0.5, 0.6) is 0 Å². The number of allylic oxidation sites excluding steroid dienone is 4. The zero-order valence-corrected chi connectivity index (χ0v) is 13.6. The molecule has 0 heterocycles. The maximum absolute atomic E-state index is 11.0. The molecular formula is C18H24N2O2. The number of aryl methyl sites for hydroxylation is 2. The van der Waals surface area contributed by atoms with Crippen LogP contribution in [0.4, 0.5) is 4.79 Å². The lowest BCUT2D eigenvalue weighted by Gasteiger charge is -2.03. The molecule has 0 bridgehead atoms. The van der Waals surface area contributed by atoms with Gasteiger partial charge >= 0.3 is 6.03 Å². The summed E-state index contributed by atoms with van der Waals surface area (Å²) < 4.78 is 5.06. The normalized spacial score (nSPS) is 12.9. The van der Waals surface area contributed by atoms with Crippen molar-refractivity contribution in [2.24, 2.45) is 0 Å². The van der Waals surface area contributed by atoms with E-state index in [-0.39, 0.29) is 6.03 Å². The Morgan fingerprint density at radius 3 is 2.14 bits per heavy atom. The summed E-state index contributed by atoms with van der Waals surface area (Å²) in [5.41, 5.74) is 3.43. The SMILES string of the molecule is CNC(=O)NC1=CCC=C(OC)C=C1.Cc1ccc(C)cc1. The Bertz CT molecular complexity index is 548. The lowest BCUT2D eigenvalue weighted by Crippen LogP contribution is -2.31. The van der Waals surface area contributed by atoms with E-state index < -0.39 is 0 Å².